The first-order valence-corrected chi connectivity index (χ1v) is 4.75. The molecule has 4 N–H and O–H groups in total. The summed E-state index contributed by atoms with van der Waals surface area (Å²) >= 11 is 0. The Hall–Kier alpha value is -1.81. The highest BCUT2D eigenvalue weighted by Gasteiger charge is 2.05. The van der Waals surface area contributed by atoms with Crippen LogP contribution in [-0.4, -0.2) is 11.7 Å². The van der Waals surface area contributed by atoms with Gasteiger partial charge in [-0.2, -0.15) is 0 Å². The molecule has 15 heavy (non-hydrogen) atoms. The summed E-state index contributed by atoms with van der Waals surface area (Å²) in [6.07, 6.45) is 0.610. The van der Waals surface area contributed by atoms with E-state index in [9.17, 15) is 9.90 Å². The van der Waals surface area contributed by atoms with Crippen LogP contribution in [0.3, 0.4) is 0 Å². The van der Waals surface area contributed by atoms with Crippen molar-refractivity contribution in [3.8, 4) is 5.75 Å². The lowest BCUT2D eigenvalue weighted by Gasteiger charge is -2.00. The van der Waals surface area contributed by atoms with E-state index >= 15 is 0 Å². The van der Waals surface area contributed by atoms with E-state index in [1.165, 1.54) is 6.07 Å². The van der Waals surface area contributed by atoms with Gasteiger partial charge in [-0.25, -0.2) is 4.79 Å². The van der Waals surface area contributed by atoms with E-state index in [1.54, 1.807) is 18.2 Å². The second-order valence-corrected chi connectivity index (χ2v) is 3.38. The molecule has 0 saturated heterocycles. The Kier molecular flexibility index (Phi) is 2.43. The summed E-state index contributed by atoms with van der Waals surface area (Å²) in [6, 6.07) is 6.51. The highest BCUT2D eigenvalue weighted by molar-refractivity contribution is 5.78. The molecule has 0 bridgehead atoms. The van der Waals surface area contributed by atoms with Crippen molar-refractivity contribution in [3.63, 3.8) is 0 Å². The molecule has 1 heterocycles. The summed E-state index contributed by atoms with van der Waals surface area (Å²) in [6.45, 7) is 0.661. The molecule has 0 aliphatic heterocycles. The standard InChI is InChI=1S/C11H11NO3/c12-4-3-8-5-7-1-2-9(13)6-10(7)15-11(8)14/h1-2,5-6,13H,3-4,12H2/p+1. The predicted molar refractivity (Wildman–Crippen MR) is 55.6 cm³/mol. The number of rotatable bonds is 2. The number of benzene rings is 1. The maximum atomic E-state index is 11.5. The molecule has 0 unspecified atom stereocenters. The third-order valence-electron chi connectivity index (χ3n) is 2.24. The average molecular weight is 206 g/mol. The van der Waals surface area contributed by atoms with Crippen molar-refractivity contribution in [2.24, 2.45) is 0 Å². The number of hydrogen-bond donors (Lipinski definition) is 2. The molecular weight excluding hydrogens is 194 g/mol. The Bertz CT molecular complexity index is 545. The number of aromatic hydroxyl groups is 1. The molecule has 0 amide bonds. The fourth-order valence-electron chi connectivity index (χ4n) is 1.51. The van der Waals surface area contributed by atoms with Crippen molar-refractivity contribution >= 4 is 11.0 Å². The van der Waals surface area contributed by atoms with Crippen LogP contribution < -0.4 is 11.4 Å². The number of fused-ring (bicyclic) bond motifs is 1. The molecule has 4 nitrogen and oxygen atoms in total. The summed E-state index contributed by atoms with van der Waals surface area (Å²) < 4.78 is 5.08. The van der Waals surface area contributed by atoms with Gasteiger partial charge in [0.15, 0.2) is 0 Å². The monoisotopic (exact) mass is 206 g/mol. The van der Waals surface area contributed by atoms with Crippen molar-refractivity contribution in [3.05, 3.63) is 40.2 Å². The summed E-state index contributed by atoms with van der Waals surface area (Å²) in [5.74, 6) is 0.0931. The van der Waals surface area contributed by atoms with Crippen LogP contribution in [0.25, 0.3) is 11.0 Å². The number of phenols is 1. The first-order chi connectivity index (χ1) is 7.20. The fraction of sp³-hybridized carbons (Fsp3) is 0.182. The van der Waals surface area contributed by atoms with Crippen LogP contribution in [0, 0.1) is 0 Å². The molecule has 2 rings (SSSR count). The van der Waals surface area contributed by atoms with E-state index in [1.807, 2.05) is 0 Å². The quantitative estimate of drug-likeness (QED) is 0.693. The molecule has 78 valence electrons. The van der Waals surface area contributed by atoms with Gasteiger partial charge in [-0.1, -0.05) is 0 Å². The molecule has 0 fully saturated rings. The van der Waals surface area contributed by atoms with E-state index in [4.69, 9.17) is 4.42 Å². The van der Waals surface area contributed by atoms with Crippen molar-refractivity contribution in [1.29, 1.82) is 0 Å². The zero-order chi connectivity index (χ0) is 10.8. The van der Waals surface area contributed by atoms with Gasteiger partial charge < -0.3 is 15.3 Å². The molecule has 4 heteroatoms. The van der Waals surface area contributed by atoms with Crippen LogP contribution in [0.4, 0.5) is 0 Å². The van der Waals surface area contributed by atoms with Crippen molar-refractivity contribution in [2.45, 2.75) is 6.42 Å². The molecule has 0 saturated carbocycles. The predicted octanol–water partition coefficient (Wildman–Crippen LogP) is 0.283. The van der Waals surface area contributed by atoms with Gasteiger partial charge >= 0.3 is 5.63 Å². The van der Waals surface area contributed by atoms with E-state index in [2.05, 4.69) is 5.73 Å². The highest BCUT2D eigenvalue weighted by Crippen LogP contribution is 2.19. The maximum Gasteiger partial charge on any atom is 0.339 e. The first kappa shape index (κ1) is 9.73. The number of quaternary nitrogens is 1. The Morgan fingerprint density at radius 1 is 1.33 bits per heavy atom. The molecule has 0 aliphatic carbocycles. The van der Waals surface area contributed by atoms with Crippen LogP contribution in [0.1, 0.15) is 5.56 Å². The molecule has 0 radical (unpaired) electrons. The van der Waals surface area contributed by atoms with Crippen molar-refractivity contribution in [1.82, 2.24) is 0 Å². The van der Waals surface area contributed by atoms with E-state index in [0.717, 1.165) is 5.39 Å². The zero-order valence-corrected chi connectivity index (χ0v) is 8.19. The minimum Gasteiger partial charge on any atom is -0.508 e. The van der Waals surface area contributed by atoms with Gasteiger partial charge in [0.2, 0.25) is 0 Å². The van der Waals surface area contributed by atoms with Crippen LogP contribution in [0.2, 0.25) is 0 Å². The summed E-state index contributed by atoms with van der Waals surface area (Å²) in [4.78, 5) is 11.5. The molecule has 2 aromatic rings. The topological polar surface area (TPSA) is 78.1 Å². The number of phenolic OH excluding ortho intramolecular Hbond substituents is 1. The van der Waals surface area contributed by atoms with E-state index in [0.29, 0.717) is 24.1 Å². The minimum atomic E-state index is -0.350. The first-order valence-electron chi connectivity index (χ1n) is 4.75. The second kappa shape index (κ2) is 3.74. The Morgan fingerprint density at radius 3 is 2.87 bits per heavy atom. The van der Waals surface area contributed by atoms with E-state index < -0.39 is 0 Å². The third-order valence-corrected chi connectivity index (χ3v) is 2.24. The summed E-state index contributed by atoms with van der Waals surface area (Å²) in [7, 11) is 0. The Morgan fingerprint density at radius 2 is 2.13 bits per heavy atom. The zero-order valence-electron chi connectivity index (χ0n) is 8.19. The second-order valence-electron chi connectivity index (χ2n) is 3.38. The van der Waals surface area contributed by atoms with Crippen LogP contribution in [0.15, 0.2) is 33.5 Å². The lowest BCUT2D eigenvalue weighted by molar-refractivity contribution is -0.366. The van der Waals surface area contributed by atoms with Gasteiger partial charge in [-0.3, -0.25) is 0 Å². The van der Waals surface area contributed by atoms with Crippen LogP contribution >= 0.6 is 0 Å². The maximum absolute atomic E-state index is 11.5. The van der Waals surface area contributed by atoms with E-state index in [-0.39, 0.29) is 11.4 Å². The van der Waals surface area contributed by atoms with Crippen LogP contribution in [-0.2, 0) is 6.42 Å². The van der Waals surface area contributed by atoms with Crippen molar-refractivity contribution < 1.29 is 15.3 Å². The van der Waals surface area contributed by atoms with Gasteiger partial charge in [-0.15, -0.1) is 0 Å². The molecule has 1 aromatic heterocycles. The molecule has 0 spiro atoms. The van der Waals surface area contributed by atoms with Gasteiger partial charge in [0, 0.05) is 23.4 Å². The molecule has 0 aliphatic rings. The third kappa shape index (κ3) is 1.85. The normalized spacial score (nSPS) is 10.7. The summed E-state index contributed by atoms with van der Waals surface area (Å²) in [5.41, 5.74) is 4.38. The van der Waals surface area contributed by atoms with Gasteiger partial charge in [-0.05, 0) is 18.2 Å². The fourth-order valence-corrected chi connectivity index (χ4v) is 1.51. The largest absolute Gasteiger partial charge is 0.508 e. The average Bonchev–Trinajstić information content (AvgIpc) is 2.20. The molecular formula is C11H12NO3+. The van der Waals surface area contributed by atoms with Crippen molar-refractivity contribution in [2.75, 3.05) is 6.54 Å². The Balaban J connectivity index is 2.65. The Labute approximate surface area is 85.9 Å². The molecule has 0 atom stereocenters. The minimum absolute atomic E-state index is 0.0931. The number of hydrogen-bond acceptors (Lipinski definition) is 3. The highest BCUT2D eigenvalue weighted by atomic mass is 16.4. The van der Waals surface area contributed by atoms with Gasteiger partial charge in [0.05, 0.1) is 6.54 Å². The van der Waals surface area contributed by atoms with Gasteiger partial charge in [0.25, 0.3) is 0 Å². The smallest absolute Gasteiger partial charge is 0.339 e. The lowest BCUT2D eigenvalue weighted by atomic mass is 10.1. The summed E-state index contributed by atoms with van der Waals surface area (Å²) in [5, 5.41) is 10.0. The lowest BCUT2D eigenvalue weighted by Crippen LogP contribution is -2.51. The SMILES string of the molecule is [NH3+]CCc1cc2ccc(O)cc2oc1=O. The van der Waals surface area contributed by atoms with Gasteiger partial charge in [0.1, 0.15) is 11.3 Å². The van der Waals surface area contributed by atoms with Crippen LogP contribution in [0.5, 0.6) is 5.75 Å². The molecule has 1 aromatic carbocycles.